The zero-order valence-electron chi connectivity index (χ0n) is 7.22. The number of esters is 1. The number of thioether (sulfide) groups is 1. The van der Waals surface area contributed by atoms with Crippen LogP contribution in [0.3, 0.4) is 0 Å². The second kappa shape index (κ2) is 4.62. The summed E-state index contributed by atoms with van der Waals surface area (Å²) < 4.78 is 4.54. The maximum Gasteiger partial charge on any atom is 0.325 e. The molecule has 0 aliphatic carbocycles. The number of hydrogen-bond donors (Lipinski definition) is 1. The normalized spacial score (nSPS) is 15.6. The van der Waals surface area contributed by atoms with Gasteiger partial charge < -0.3 is 10.5 Å². The Bertz CT molecular complexity index is 136. The summed E-state index contributed by atoms with van der Waals surface area (Å²) in [5.41, 5.74) is 4.85. The largest absolute Gasteiger partial charge is 0.468 e. The molecule has 3 nitrogen and oxygen atoms in total. The van der Waals surface area contributed by atoms with Crippen LogP contribution in [0.15, 0.2) is 0 Å². The van der Waals surface area contributed by atoms with E-state index < -0.39 is 5.54 Å². The van der Waals surface area contributed by atoms with Gasteiger partial charge in [0.25, 0.3) is 0 Å². The molecule has 1 atom stereocenters. The van der Waals surface area contributed by atoms with Crippen molar-refractivity contribution in [1.82, 2.24) is 0 Å². The Morgan fingerprint density at radius 1 is 1.73 bits per heavy atom. The van der Waals surface area contributed by atoms with Crippen molar-refractivity contribution < 1.29 is 9.53 Å². The van der Waals surface area contributed by atoms with Gasteiger partial charge in [-0.3, -0.25) is 4.79 Å². The van der Waals surface area contributed by atoms with E-state index in [1.165, 1.54) is 7.11 Å². The Balaban J connectivity index is 3.88. The molecular formula is C7H15NO2S. The summed E-state index contributed by atoms with van der Waals surface area (Å²) in [7, 11) is 1.35. The quantitative estimate of drug-likeness (QED) is 0.640. The summed E-state index contributed by atoms with van der Waals surface area (Å²) in [6.07, 6.45) is 2.63. The lowest BCUT2D eigenvalue weighted by Crippen LogP contribution is -2.46. The van der Waals surface area contributed by atoms with Crippen molar-refractivity contribution in [3.63, 3.8) is 0 Å². The average molecular weight is 177 g/mol. The van der Waals surface area contributed by atoms with Crippen molar-refractivity contribution in [2.24, 2.45) is 5.73 Å². The van der Waals surface area contributed by atoms with E-state index >= 15 is 0 Å². The van der Waals surface area contributed by atoms with Crippen molar-refractivity contribution in [3.05, 3.63) is 0 Å². The van der Waals surface area contributed by atoms with Crippen LogP contribution in [0.1, 0.15) is 13.3 Å². The molecule has 0 bridgehead atoms. The second-order valence-electron chi connectivity index (χ2n) is 2.65. The first-order valence-electron chi connectivity index (χ1n) is 3.41. The molecule has 0 aromatic carbocycles. The van der Waals surface area contributed by atoms with Gasteiger partial charge in [0.15, 0.2) is 0 Å². The molecule has 11 heavy (non-hydrogen) atoms. The molecule has 2 N–H and O–H groups in total. The fourth-order valence-corrected chi connectivity index (χ4v) is 1.28. The summed E-state index contributed by atoms with van der Waals surface area (Å²) >= 11 is 1.67. The maximum atomic E-state index is 11.0. The fourth-order valence-electron chi connectivity index (χ4n) is 0.649. The van der Waals surface area contributed by atoms with E-state index in [0.717, 1.165) is 5.75 Å². The molecule has 0 rings (SSSR count). The number of ether oxygens (including phenoxy) is 1. The third kappa shape index (κ3) is 3.62. The van der Waals surface area contributed by atoms with E-state index in [-0.39, 0.29) is 5.97 Å². The Morgan fingerprint density at radius 2 is 2.27 bits per heavy atom. The number of carbonyl (C=O) groups excluding carboxylic acids is 1. The standard InChI is InChI=1S/C7H15NO2S/c1-7(8,4-5-11-3)6(9)10-2/h4-5,8H2,1-3H3. The zero-order valence-corrected chi connectivity index (χ0v) is 8.03. The summed E-state index contributed by atoms with van der Waals surface area (Å²) in [5.74, 6) is 0.536. The van der Waals surface area contributed by atoms with Crippen molar-refractivity contribution >= 4 is 17.7 Å². The minimum atomic E-state index is -0.822. The van der Waals surface area contributed by atoms with E-state index in [0.29, 0.717) is 6.42 Å². The molecule has 0 saturated heterocycles. The van der Waals surface area contributed by atoms with Gasteiger partial charge in [0.2, 0.25) is 0 Å². The smallest absolute Gasteiger partial charge is 0.325 e. The summed E-state index contributed by atoms with van der Waals surface area (Å²) in [5, 5.41) is 0. The maximum absolute atomic E-state index is 11.0. The van der Waals surface area contributed by atoms with Gasteiger partial charge in [-0.15, -0.1) is 0 Å². The third-order valence-electron chi connectivity index (χ3n) is 1.48. The number of methoxy groups -OCH3 is 1. The molecule has 0 fully saturated rings. The molecule has 0 aromatic rings. The fraction of sp³-hybridized carbons (Fsp3) is 0.857. The Labute approximate surface area is 71.7 Å². The first kappa shape index (κ1) is 10.8. The predicted octanol–water partition coefficient (Wildman–Crippen LogP) is 0.630. The van der Waals surface area contributed by atoms with Gasteiger partial charge in [0.1, 0.15) is 5.54 Å². The monoisotopic (exact) mass is 177 g/mol. The molecule has 0 spiro atoms. The highest BCUT2D eigenvalue weighted by molar-refractivity contribution is 7.98. The molecule has 0 aromatic heterocycles. The van der Waals surface area contributed by atoms with Crippen LogP contribution in [-0.2, 0) is 9.53 Å². The van der Waals surface area contributed by atoms with Gasteiger partial charge in [0, 0.05) is 0 Å². The zero-order chi connectivity index (χ0) is 8.91. The summed E-state index contributed by atoms with van der Waals surface area (Å²) in [4.78, 5) is 11.0. The molecule has 0 saturated carbocycles. The molecule has 0 aliphatic heterocycles. The van der Waals surface area contributed by atoms with Gasteiger partial charge in [-0.1, -0.05) is 0 Å². The van der Waals surface area contributed by atoms with Gasteiger partial charge >= 0.3 is 5.97 Å². The molecule has 1 unspecified atom stereocenters. The number of nitrogens with two attached hydrogens (primary N) is 1. The van der Waals surface area contributed by atoms with Crippen molar-refractivity contribution in [1.29, 1.82) is 0 Å². The second-order valence-corrected chi connectivity index (χ2v) is 3.64. The minimum Gasteiger partial charge on any atom is -0.468 e. The first-order valence-corrected chi connectivity index (χ1v) is 4.80. The summed E-state index contributed by atoms with van der Waals surface area (Å²) in [6.45, 7) is 1.69. The van der Waals surface area contributed by atoms with Crippen molar-refractivity contribution in [2.75, 3.05) is 19.1 Å². The van der Waals surface area contributed by atoms with E-state index in [9.17, 15) is 4.79 Å². The highest BCUT2D eigenvalue weighted by Gasteiger charge is 2.28. The summed E-state index contributed by atoms with van der Waals surface area (Å²) in [6, 6.07) is 0. The molecular weight excluding hydrogens is 162 g/mol. The van der Waals surface area contributed by atoms with Crippen LogP contribution < -0.4 is 5.73 Å². The Morgan fingerprint density at radius 3 is 2.64 bits per heavy atom. The Hall–Kier alpha value is -0.220. The lowest BCUT2D eigenvalue weighted by atomic mass is 10.0. The van der Waals surface area contributed by atoms with Crippen molar-refractivity contribution in [2.45, 2.75) is 18.9 Å². The minimum absolute atomic E-state index is 0.341. The third-order valence-corrected chi connectivity index (χ3v) is 2.09. The van der Waals surface area contributed by atoms with Crippen LogP contribution in [0.25, 0.3) is 0 Å². The van der Waals surface area contributed by atoms with Crippen LogP contribution in [0.5, 0.6) is 0 Å². The van der Waals surface area contributed by atoms with Crippen LogP contribution in [0.4, 0.5) is 0 Å². The number of hydrogen-bond acceptors (Lipinski definition) is 4. The lowest BCUT2D eigenvalue weighted by Gasteiger charge is -2.20. The number of carbonyl (C=O) groups is 1. The lowest BCUT2D eigenvalue weighted by molar-refractivity contribution is -0.146. The van der Waals surface area contributed by atoms with Crippen LogP contribution in [0, 0.1) is 0 Å². The first-order chi connectivity index (χ1) is 5.04. The number of rotatable bonds is 4. The van der Waals surface area contributed by atoms with E-state index in [1.54, 1.807) is 18.7 Å². The van der Waals surface area contributed by atoms with Gasteiger partial charge in [-0.2, -0.15) is 11.8 Å². The Kier molecular flexibility index (Phi) is 4.52. The van der Waals surface area contributed by atoms with Gasteiger partial charge in [-0.25, -0.2) is 0 Å². The molecule has 4 heteroatoms. The molecule has 0 heterocycles. The SMILES string of the molecule is COC(=O)C(C)(N)CCSC. The topological polar surface area (TPSA) is 52.3 Å². The highest BCUT2D eigenvalue weighted by atomic mass is 32.2. The van der Waals surface area contributed by atoms with E-state index in [4.69, 9.17) is 5.73 Å². The van der Waals surface area contributed by atoms with Crippen LogP contribution in [-0.4, -0.2) is 30.6 Å². The predicted molar refractivity (Wildman–Crippen MR) is 47.6 cm³/mol. The highest BCUT2D eigenvalue weighted by Crippen LogP contribution is 2.10. The van der Waals surface area contributed by atoms with E-state index in [1.807, 2.05) is 6.26 Å². The molecule has 0 amide bonds. The van der Waals surface area contributed by atoms with E-state index in [2.05, 4.69) is 4.74 Å². The van der Waals surface area contributed by atoms with Crippen molar-refractivity contribution in [3.8, 4) is 0 Å². The average Bonchev–Trinajstić information content (AvgIpc) is 1.99. The van der Waals surface area contributed by atoms with Crippen LogP contribution >= 0.6 is 11.8 Å². The van der Waals surface area contributed by atoms with Gasteiger partial charge in [-0.05, 0) is 25.4 Å². The molecule has 66 valence electrons. The van der Waals surface area contributed by atoms with Crippen LogP contribution in [0.2, 0.25) is 0 Å². The molecule has 0 aliphatic rings. The molecule has 0 radical (unpaired) electrons. The van der Waals surface area contributed by atoms with Gasteiger partial charge in [0.05, 0.1) is 7.11 Å².